The Kier molecular flexibility index (Phi) is 12.7. The van der Waals surface area contributed by atoms with Crippen LogP contribution in [0.5, 0.6) is 0 Å². The SMILES string of the molecule is CCc1ccc(S(=O)(=O)NC(=O)/C(C)=C/[C@H](C(C)C)N(C)C(=O)[C@@H](NC(=O)[C@@H](NC)C(C)(C)c2ccccc2)C(C)(C)C)cc1. The summed E-state index contributed by atoms with van der Waals surface area (Å²) in [5.74, 6) is -1.53. The first-order valence-corrected chi connectivity index (χ1v) is 16.9. The average molecular weight is 641 g/mol. The van der Waals surface area contributed by atoms with Gasteiger partial charge in [-0.05, 0) is 55.0 Å². The van der Waals surface area contributed by atoms with E-state index in [4.69, 9.17) is 0 Å². The summed E-state index contributed by atoms with van der Waals surface area (Å²) < 4.78 is 27.9. The summed E-state index contributed by atoms with van der Waals surface area (Å²) in [6, 6.07) is 14.0. The van der Waals surface area contributed by atoms with Gasteiger partial charge in [0.2, 0.25) is 11.8 Å². The first-order valence-electron chi connectivity index (χ1n) is 15.4. The molecule has 45 heavy (non-hydrogen) atoms. The summed E-state index contributed by atoms with van der Waals surface area (Å²) in [5.41, 5.74) is 0.890. The van der Waals surface area contributed by atoms with Crippen molar-refractivity contribution in [1.82, 2.24) is 20.3 Å². The van der Waals surface area contributed by atoms with E-state index in [1.165, 1.54) is 24.0 Å². The molecule has 9 nitrogen and oxygen atoms in total. The molecule has 0 aromatic heterocycles. The molecule has 0 fully saturated rings. The van der Waals surface area contributed by atoms with Crippen LogP contribution in [0, 0.1) is 11.3 Å². The van der Waals surface area contributed by atoms with E-state index in [1.807, 2.05) is 85.7 Å². The van der Waals surface area contributed by atoms with Crippen LogP contribution in [0.3, 0.4) is 0 Å². The number of hydrogen-bond acceptors (Lipinski definition) is 6. The molecular formula is C35H52N4O5S. The fourth-order valence-corrected chi connectivity index (χ4v) is 6.35. The Morgan fingerprint density at radius 1 is 0.911 bits per heavy atom. The lowest BCUT2D eigenvalue weighted by Crippen LogP contribution is -2.61. The van der Waals surface area contributed by atoms with E-state index in [2.05, 4.69) is 15.4 Å². The third kappa shape index (κ3) is 9.50. The second kappa shape index (κ2) is 15.2. The van der Waals surface area contributed by atoms with E-state index in [-0.39, 0.29) is 28.2 Å². The zero-order chi connectivity index (χ0) is 34.3. The summed E-state index contributed by atoms with van der Waals surface area (Å²) in [6.45, 7) is 16.9. The summed E-state index contributed by atoms with van der Waals surface area (Å²) in [7, 11) is -0.727. The van der Waals surface area contributed by atoms with Crippen molar-refractivity contribution >= 4 is 27.7 Å². The molecule has 0 aliphatic heterocycles. The third-order valence-corrected chi connectivity index (χ3v) is 9.66. The molecule has 0 aliphatic rings. The predicted molar refractivity (Wildman–Crippen MR) is 180 cm³/mol. The van der Waals surface area contributed by atoms with Crippen molar-refractivity contribution in [2.24, 2.45) is 11.3 Å². The standard InChI is InChI=1S/C35H52N4O5S/c1-12-25-18-20-27(21-19-25)45(43,44)38-31(40)24(4)22-28(23(2)3)39(11)33(42)30(34(5,6)7)37-32(41)29(36-10)35(8,9)26-16-14-13-15-17-26/h13-23,28-30,36H,12H2,1-11H3,(H,37,41)(H,38,40)/b24-22+/t28-,29-,30-/m1/s1. The molecule has 0 aliphatic carbocycles. The summed E-state index contributed by atoms with van der Waals surface area (Å²) in [5, 5.41) is 6.16. The van der Waals surface area contributed by atoms with Gasteiger partial charge in [0.1, 0.15) is 6.04 Å². The van der Waals surface area contributed by atoms with Crippen LogP contribution in [-0.4, -0.2) is 63.3 Å². The Bertz CT molecular complexity index is 1460. The number of likely N-dealkylation sites (N-methyl/N-ethyl adjacent to an activating group) is 2. The first-order chi connectivity index (χ1) is 20.8. The quantitative estimate of drug-likeness (QED) is 0.276. The minimum Gasteiger partial charge on any atom is -0.342 e. The predicted octanol–water partition coefficient (Wildman–Crippen LogP) is 4.58. The molecule has 0 spiro atoms. The number of nitrogens with zero attached hydrogens (tertiary/aromatic N) is 1. The molecule has 0 radical (unpaired) electrons. The fraction of sp³-hybridized carbons (Fsp3) is 0.514. The van der Waals surface area contributed by atoms with Gasteiger partial charge in [-0.15, -0.1) is 0 Å². The number of carbonyl (C=O) groups is 3. The summed E-state index contributed by atoms with van der Waals surface area (Å²) >= 11 is 0. The number of sulfonamides is 1. The molecule has 2 rings (SSSR count). The van der Waals surface area contributed by atoms with Crippen molar-refractivity contribution in [3.8, 4) is 0 Å². The van der Waals surface area contributed by atoms with Crippen molar-refractivity contribution in [2.75, 3.05) is 14.1 Å². The lowest BCUT2D eigenvalue weighted by molar-refractivity contribution is -0.140. The molecule has 2 aromatic carbocycles. The van der Waals surface area contributed by atoms with Crippen LogP contribution < -0.4 is 15.4 Å². The van der Waals surface area contributed by atoms with E-state index < -0.39 is 44.9 Å². The monoisotopic (exact) mass is 640 g/mol. The highest BCUT2D eigenvalue weighted by Gasteiger charge is 2.41. The minimum atomic E-state index is -4.09. The molecule has 3 amide bonds. The average Bonchev–Trinajstić information content (AvgIpc) is 2.97. The van der Waals surface area contributed by atoms with Gasteiger partial charge < -0.3 is 15.5 Å². The number of benzene rings is 2. The highest BCUT2D eigenvalue weighted by molar-refractivity contribution is 7.90. The number of nitrogens with one attached hydrogen (secondary N) is 3. The van der Waals surface area contributed by atoms with Gasteiger partial charge in [-0.2, -0.15) is 0 Å². The lowest BCUT2D eigenvalue weighted by Gasteiger charge is -2.40. The van der Waals surface area contributed by atoms with Crippen molar-refractivity contribution in [3.05, 3.63) is 77.4 Å². The molecule has 2 aromatic rings. The molecule has 0 unspecified atom stereocenters. The van der Waals surface area contributed by atoms with Crippen molar-refractivity contribution in [1.29, 1.82) is 0 Å². The Balaban J connectivity index is 2.32. The second-order valence-electron chi connectivity index (χ2n) is 13.6. The van der Waals surface area contributed by atoms with Crippen LogP contribution >= 0.6 is 0 Å². The Morgan fingerprint density at radius 2 is 1.47 bits per heavy atom. The molecule has 0 saturated heterocycles. The molecule has 0 heterocycles. The number of aryl methyl sites for hydroxylation is 1. The van der Waals surface area contributed by atoms with Gasteiger partial charge in [0, 0.05) is 18.0 Å². The highest BCUT2D eigenvalue weighted by Crippen LogP contribution is 2.29. The van der Waals surface area contributed by atoms with Crippen LogP contribution in [0.4, 0.5) is 0 Å². The maximum absolute atomic E-state index is 14.1. The normalized spacial score (nSPS) is 14.8. The Morgan fingerprint density at radius 3 is 1.93 bits per heavy atom. The molecule has 3 atom stereocenters. The van der Waals surface area contributed by atoms with Crippen LogP contribution in [0.15, 0.2) is 71.1 Å². The molecule has 10 heteroatoms. The first kappa shape index (κ1) is 37.7. The largest absolute Gasteiger partial charge is 0.342 e. The van der Waals surface area contributed by atoms with E-state index in [0.717, 1.165) is 17.5 Å². The van der Waals surface area contributed by atoms with E-state index in [1.54, 1.807) is 32.3 Å². The second-order valence-corrected chi connectivity index (χ2v) is 15.3. The van der Waals surface area contributed by atoms with Gasteiger partial charge in [-0.25, -0.2) is 13.1 Å². The van der Waals surface area contributed by atoms with Gasteiger partial charge in [-0.3, -0.25) is 14.4 Å². The zero-order valence-electron chi connectivity index (χ0n) is 28.7. The van der Waals surface area contributed by atoms with Crippen molar-refractivity contribution < 1.29 is 22.8 Å². The highest BCUT2D eigenvalue weighted by atomic mass is 32.2. The van der Waals surface area contributed by atoms with Gasteiger partial charge in [0.15, 0.2) is 0 Å². The van der Waals surface area contributed by atoms with E-state index >= 15 is 0 Å². The maximum Gasteiger partial charge on any atom is 0.264 e. The fourth-order valence-electron chi connectivity index (χ4n) is 5.33. The molecule has 0 saturated carbocycles. The number of rotatable bonds is 13. The Hall–Kier alpha value is -3.50. The van der Waals surface area contributed by atoms with Gasteiger partial charge in [0.05, 0.1) is 17.0 Å². The van der Waals surface area contributed by atoms with Crippen LogP contribution in [0.1, 0.15) is 73.4 Å². The van der Waals surface area contributed by atoms with Crippen LogP contribution in [0.2, 0.25) is 0 Å². The topological polar surface area (TPSA) is 125 Å². The third-order valence-electron chi connectivity index (χ3n) is 8.32. The maximum atomic E-state index is 14.1. The molecule has 3 N–H and O–H groups in total. The van der Waals surface area contributed by atoms with Gasteiger partial charge >= 0.3 is 0 Å². The van der Waals surface area contributed by atoms with Crippen LogP contribution in [-0.2, 0) is 36.2 Å². The zero-order valence-corrected chi connectivity index (χ0v) is 29.5. The molecule has 0 bridgehead atoms. The minimum absolute atomic E-state index is 0.00682. The van der Waals surface area contributed by atoms with E-state index in [0.29, 0.717) is 0 Å². The van der Waals surface area contributed by atoms with Crippen LogP contribution in [0.25, 0.3) is 0 Å². The van der Waals surface area contributed by atoms with E-state index in [9.17, 15) is 22.8 Å². The molecular weight excluding hydrogens is 588 g/mol. The van der Waals surface area contributed by atoms with Crippen molar-refractivity contribution in [3.63, 3.8) is 0 Å². The number of hydrogen-bond donors (Lipinski definition) is 3. The van der Waals surface area contributed by atoms with Crippen molar-refractivity contribution in [2.45, 2.75) is 97.2 Å². The number of carbonyl (C=O) groups excluding carboxylic acids is 3. The van der Waals surface area contributed by atoms with Gasteiger partial charge in [0.25, 0.3) is 15.9 Å². The summed E-state index contributed by atoms with van der Waals surface area (Å²) in [6.07, 6.45) is 2.36. The lowest BCUT2D eigenvalue weighted by atomic mass is 9.76. The smallest absolute Gasteiger partial charge is 0.264 e. The molecule has 248 valence electrons. The number of amides is 3. The summed E-state index contributed by atoms with van der Waals surface area (Å²) in [4.78, 5) is 42.4. The van der Waals surface area contributed by atoms with Gasteiger partial charge in [-0.1, -0.05) is 104 Å². The Labute approximate surface area is 270 Å².